The summed E-state index contributed by atoms with van der Waals surface area (Å²) < 4.78 is 5.67. The van der Waals surface area contributed by atoms with Gasteiger partial charge in [-0.05, 0) is 51.3 Å². The molecule has 0 heterocycles. The van der Waals surface area contributed by atoms with Gasteiger partial charge in [0.25, 0.3) is 0 Å². The van der Waals surface area contributed by atoms with Gasteiger partial charge in [-0.1, -0.05) is 19.1 Å². The molecule has 1 unspecified atom stereocenters. The van der Waals surface area contributed by atoms with Crippen LogP contribution in [-0.4, -0.2) is 11.2 Å². The van der Waals surface area contributed by atoms with Crippen molar-refractivity contribution in [2.75, 3.05) is 0 Å². The average molecular weight is 234 g/mol. The molecule has 1 atom stereocenters. The third-order valence-corrected chi connectivity index (χ3v) is 3.94. The first-order valence-electron chi connectivity index (χ1n) is 6.35. The lowest BCUT2D eigenvalue weighted by molar-refractivity contribution is -0.0129. The minimum atomic E-state index is -0.761. The predicted molar refractivity (Wildman–Crippen MR) is 69.1 cm³/mol. The molecule has 2 heteroatoms. The highest BCUT2D eigenvalue weighted by Crippen LogP contribution is 2.57. The van der Waals surface area contributed by atoms with E-state index in [0.29, 0.717) is 0 Å². The highest BCUT2D eigenvalue weighted by atomic mass is 16.5. The zero-order chi connectivity index (χ0) is 12.7. The van der Waals surface area contributed by atoms with Crippen LogP contribution in [-0.2, 0) is 5.60 Å². The van der Waals surface area contributed by atoms with Gasteiger partial charge in [0.05, 0.1) is 11.7 Å². The molecule has 1 aliphatic rings. The number of hydrogen-bond donors (Lipinski definition) is 1. The van der Waals surface area contributed by atoms with Gasteiger partial charge in [-0.25, -0.2) is 0 Å². The molecule has 1 N–H and O–H groups in total. The summed E-state index contributed by atoms with van der Waals surface area (Å²) in [7, 11) is 0. The second-order valence-corrected chi connectivity index (χ2v) is 5.83. The molecular weight excluding hydrogens is 212 g/mol. The third-order valence-electron chi connectivity index (χ3n) is 3.94. The SMILES string of the molecule is CC(C)Oc1cccc(C(C)(O)C2(C)CC2)c1. The lowest BCUT2D eigenvalue weighted by atomic mass is 9.81. The van der Waals surface area contributed by atoms with Crippen molar-refractivity contribution < 1.29 is 9.84 Å². The molecular formula is C15H22O2. The van der Waals surface area contributed by atoms with Crippen molar-refractivity contribution in [3.05, 3.63) is 29.8 Å². The van der Waals surface area contributed by atoms with E-state index in [1.807, 2.05) is 45.0 Å². The zero-order valence-electron chi connectivity index (χ0n) is 11.2. The summed E-state index contributed by atoms with van der Waals surface area (Å²) >= 11 is 0. The molecule has 2 nitrogen and oxygen atoms in total. The first kappa shape index (κ1) is 12.4. The summed E-state index contributed by atoms with van der Waals surface area (Å²) in [5.41, 5.74) is 0.225. The topological polar surface area (TPSA) is 29.5 Å². The highest BCUT2D eigenvalue weighted by molar-refractivity contribution is 5.34. The monoisotopic (exact) mass is 234 g/mol. The summed E-state index contributed by atoms with van der Waals surface area (Å²) in [6.45, 7) is 8.07. The van der Waals surface area contributed by atoms with Crippen LogP contribution in [0.25, 0.3) is 0 Å². The van der Waals surface area contributed by atoms with E-state index in [9.17, 15) is 5.11 Å². The van der Waals surface area contributed by atoms with Gasteiger partial charge in [0, 0.05) is 5.41 Å². The van der Waals surface area contributed by atoms with E-state index < -0.39 is 5.60 Å². The lowest BCUT2D eigenvalue weighted by Gasteiger charge is -2.31. The van der Waals surface area contributed by atoms with Gasteiger partial charge in [-0.15, -0.1) is 0 Å². The number of rotatable bonds is 4. The Bertz CT molecular complexity index is 403. The van der Waals surface area contributed by atoms with Crippen LogP contribution in [0.1, 0.15) is 46.1 Å². The molecule has 0 spiro atoms. The minimum Gasteiger partial charge on any atom is -0.491 e. The van der Waals surface area contributed by atoms with Gasteiger partial charge in [-0.2, -0.15) is 0 Å². The van der Waals surface area contributed by atoms with Crippen LogP contribution in [0.15, 0.2) is 24.3 Å². The number of aliphatic hydroxyl groups is 1. The van der Waals surface area contributed by atoms with Crippen LogP contribution < -0.4 is 4.74 Å². The number of hydrogen-bond acceptors (Lipinski definition) is 2. The fraction of sp³-hybridized carbons (Fsp3) is 0.600. The van der Waals surface area contributed by atoms with E-state index in [1.54, 1.807) is 0 Å². The van der Waals surface area contributed by atoms with Gasteiger partial charge < -0.3 is 9.84 Å². The first-order chi connectivity index (χ1) is 7.85. The zero-order valence-corrected chi connectivity index (χ0v) is 11.2. The maximum Gasteiger partial charge on any atom is 0.120 e. The Balaban J connectivity index is 2.27. The molecule has 94 valence electrons. The van der Waals surface area contributed by atoms with Gasteiger partial charge in [-0.3, -0.25) is 0 Å². The van der Waals surface area contributed by atoms with Crippen LogP contribution in [0.5, 0.6) is 5.75 Å². The van der Waals surface area contributed by atoms with Gasteiger partial charge >= 0.3 is 0 Å². The number of benzene rings is 1. The molecule has 2 rings (SSSR count). The highest BCUT2D eigenvalue weighted by Gasteiger charge is 2.53. The molecule has 1 aliphatic carbocycles. The lowest BCUT2D eigenvalue weighted by Crippen LogP contribution is -2.31. The van der Waals surface area contributed by atoms with Crippen molar-refractivity contribution >= 4 is 0 Å². The number of ether oxygens (including phenoxy) is 1. The Hall–Kier alpha value is -1.02. The predicted octanol–water partition coefficient (Wildman–Crippen LogP) is 3.48. The van der Waals surface area contributed by atoms with E-state index in [-0.39, 0.29) is 11.5 Å². The van der Waals surface area contributed by atoms with Crippen LogP contribution in [0.2, 0.25) is 0 Å². The summed E-state index contributed by atoms with van der Waals surface area (Å²) in [4.78, 5) is 0. The van der Waals surface area contributed by atoms with E-state index in [1.165, 1.54) is 0 Å². The molecule has 0 radical (unpaired) electrons. The Morgan fingerprint density at radius 3 is 2.53 bits per heavy atom. The first-order valence-corrected chi connectivity index (χ1v) is 6.35. The maximum atomic E-state index is 10.7. The summed E-state index contributed by atoms with van der Waals surface area (Å²) in [5, 5.41) is 10.7. The van der Waals surface area contributed by atoms with Gasteiger partial charge in [0.15, 0.2) is 0 Å². The Morgan fingerprint density at radius 1 is 1.35 bits per heavy atom. The van der Waals surface area contributed by atoms with Crippen LogP contribution in [0, 0.1) is 5.41 Å². The minimum absolute atomic E-state index is 0.0312. The van der Waals surface area contributed by atoms with Crippen molar-refractivity contribution in [2.24, 2.45) is 5.41 Å². The summed E-state index contributed by atoms with van der Waals surface area (Å²) in [6.07, 6.45) is 2.34. The Labute approximate surface area is 104 Å². The van der Waals surface area contributed by atoms with E-state index in [2.05, 4.69) is 6.92 Å². The van der Waals surface area contributed by atoms with Gasteiger partial charge in [0.1, 0.15) is 5.75 Å². The molecule has 0 amide bonds. The molecule has 17 heavy (non-hydrogen) atoms. The molecule has 0 bridgehead atoms. The third kappa shape index (κ3) is 2.32. The second kappa shape index (κ2) is 4.02. The van der Waals surface area contributed by atoms with E-state index in [4.69, 9.17) is 4.74 Å². The van der Waals surface area contributed by atoms with Crippen molar-refractivity contribution in [3.63, 3.8) is 0 Å². The van der Waals surface area contributed by atoms with Crippen molar-refractivity contribution in [1.82, 2.24) is 0 Å². The second-order valence-electron chi connectivity index (χ2n) is 5.83. The van der Waals surface area contributed by atoms with Crippen molar-refractivity contribution in [2.45, 2.75) is 52.2 Å². The largest absolute Gasteiger partial charge is 0.491 e. The van der Waals surface area contributed by atoms with Crippen molar-refractivity contribution in [3.8, 4) is 5.75 Å². The standard InChI is InChI=1S/C15H22O2/c1-11(2)17-13-7-5-6-12(10-13)15(4,16)14(3)8-9-14/h5-7,10-11,16H,8-9H2,1-4H3. The van der Waals surface area contributed by atoms with E-state index >= 15 is 0 Å². The maximum absolute atomic E-state index is 10.7. The molecule has 0 aliphatic heterocycles. The Kier molecular flexibility index (Phi) is 2.94. The van der Waals surface area contributed by atoms with Crippen LogP contribution in [0.4, 0.5) is 0 Å². The molecule has 1 fully saturated rings. The smallest absolute Gasteiger partial charge is 0.120 e. The van der Waals surface area contributed by atoms with Gasteiger partial charge in [0.2, 0.25) is 0 Å². The van der Waals surface area contributed by atoms with Crippen LogP contribution >= 0.6 is 0 Å². The average Bonchev–Trinajstić information content (AvgIpc) is 2.97. The fourth-order valence-corrected chi connectivity index (χ4v) is 2.17. The molecule has 0 saturated heterocycles. The molecule has 0 aromatic heterocycles. The van der Waals surface area contributed by atoms with Crippen LogP contribution in [0.3, 0.4) is 0 Å². The fourth-order valence-electron chi connectivity index (χ4n) is 2.17. The molecule has 1 saturated carbocycles. The van der Waals surface area contributed by atoms with E-state index in [0.717, 1.165) is 24.2 Å². The quantitative estimate of drug-likeness (QED) is 0.864. The summed E-state index contributed by atoms with van der Waals surface area (Å²) in [6, 6.07) is 7.84. The summed E-state index contributed by atoms with van der Waals surface area (Å²) in [5.74, 6) is 0.835. The molecule has 1 aromatic carbocycles. The normalized spacial score (nSPS) is 21.1. The molecule has 1 aromatic rings. The Morgan fingerprint density at radius 2 is 2.00 bits per heavy atom. The van der Waals surface area contributed by atoms with Crippen molar-refractivity contribution in [1.29, 1.82) is 0 Å².